The van der Waals surface area contributed by atoms with Gasteiger partial charge in [0.2, 0.25) is 0 Å². The second kappa shape index (κ2) is 6.74. The zero-order valence-corrected chi connectivity index (χ0v) is 8.36. The fourth-order valence-corrected chi connectivity index (χ4v) is 0.869. The zero-order chi connectivity index (χ0) is 11.0. The highest BCUT2D eigenvalue weighted by atomic mass is 16.5. The number of carbonyl (C=O) groups excluding carboxylic acids is 1. The number of ether oxygens (including phenoxy) is 1. The van der Waals surface area contributed by atoms with Crippen LogP contribution in [0.25, 0.3) is 10.4 Å². The van der Waals surface area contributed by atoms with Gasteiger partial charge in [-0.2, -0.15) is 0 Å². The fourth-order valence-electron chi connectivity index (χ4n) is 0.869. The van der Waals surface area contributed by atoms with Crippen molar-refractivity contribution in [2.45, 2.75) is 20.3 Å². The minimum atomic E-state index is -0.461. The van der Waals surface area contributed by atoms with Crippen LogP contribution in [-0.2, 0) is 9.53 Å². The molecule has 0 amide bonds. The molecule has 0 atom stereocenters. The molecule has 76 valence electrons. The zero-order valence-electron chi connectivity index (χ0n) is 8.36. The summed E-state index contributed by atoms with van der Waals surface area (Å²) in [4.78, 5) is 13.9. The third-order valence-corrected chi connectivity index (χ3v) is 1.50. The standard InChI is InChI=1S/C9H13N3O2/c1-4-6-8(7(3)11-12-10)9(13)14-5-2/h4H,1,5-6H2,2-3H3/b8-7+. The number of carbonyl (C=O) groups is 1. The lowest BCUT2D eigenvalue weighted by atomic mass is 10.1. The second-order valence-corrected chi connectivity index (χ2v) is 2.47. The molecule has 0 spiro atoms. The van der Waals surface area contributed by atoms with Gasteiger partial charge in [-0.3, -0.25) is 0 Å². The Morgan fingerprint density at radius 2 is 2.36 bits per heavy atom. The van der Waals surface area contributed by atoms with Gasteiger partial charge in [0.25, 0.3) is 0 Å². The highest BCUT2D eigenvalue weighted by Crippen LogP contribution is 2.12. The molecule has 0 radical (unpaired) electrons. The quantitative estimate of drug-likeness (QED) is 0.169. The molecule has 0 aliphatic heterocycles. The van der Waals surface area contributed by atoms with Gasteiger partial charge in [-0.25, -0.2) is 4.79 Å². The molecule has 14 heavy (non-hydrogen) atoms. The third kappa shape index (κ3) is 3.78. The molecule has 0 fully saturated rings. The molecule has 5 nitrogen and oxygen atoms in total. The molecule has 0 aromatic heterocycles. The predicted octanol–water partition coefficient (Wildman–Crippen LogP) is 2.71. The van der Waals surface area contributed by atoms with E-state index in [0.29, 0.717) is 24.3 Å². The van der Waals surface area contributed by atoms with E-state index in [4.69, 9.17) is 10.3 Å². The molecular formula is C9H13N3O2. The van der Waals surface area contributed by atoms with Gasteiger partial charge in [0, 0.05) is 16.2 Å². The lowest BCUT2D eigenvalue weighted by Crippen LogP contribution is -2.08. The van der Waals surface area contributed by atoms with Crippen LogP contribution in [0.15, 0.2) is 29.0 Å². The first kappa shape index (κ1) is 12.3. The monoisotopic (exact) mass is 195 g/mol. The van der Waals surface area contributed by atoms with Crippen molar-refractivity contribution in [3.05, 3.63) is 34.4 Å². The lowest BCUT2D eigenvalue weighted by molar-refractivity contribution is -0.138. The van der Waals surface area contributed by atoms with Gasteiger partial charge in [0.1, 0.15) is 0 Å². The maximum absolute atomic E-state index is 11.3. The Bertz CT molecular complexity index is 301. The Morgan fingerprint density at radius 3 is 2.79 bits per heavy atom. The summed E-state index contributed by atoms with van der Waals surface area (Å²) in [6.07, 6.45) is 1.90. The van der Waals surface area contributed by atoms with Crippen LogP contribution in [-0.4, -0.2) is 12.6 Å². The number of esters is 1. The van der Waals surface area contributed by atoms with Crippen molar-refractivity contribution in [2.75, 3.05) is 6.61 Å². The van der Waals surface area contributed by atoms with Crippen molar-refractivity contribution >= 4 is 5.97 Å². The summed E-state index contributed by atoms with van der Waals surface area (Å²) in [5, 5.41) is 3.36. The molecule has 0 unspecified atom stereocenters. The summed E-state index contributed by atoms with van der Waals surface area (Å²) < 4.78 is 4.80. The van der Waals surface area contributed by atoms with Gasteiger partial charge in [-0.1, -0.05) is 11.2 Å². The van der Waals surface area contributed by atoms with Crippen molar-refractivity contribution in [3.8, 4) is 0 Å². The maximum Gasteiger partial charge on any atom is 0.334 e. The van der Waals surface area contributed by atoms with E-state index in [9.17, 15) is 4.79 Å². The summed E-state index contributed by atoms with van der Waals surface area (Å²) in [6, 6.07) is 0. The normalized spacial score (nSPS) is 11.0. The van der Waals surface area contributed by atoms with E-state index in [0.717, 1.165) is 0 Å². The highest BCUT2D eigenvalue weighted by Gasteiger charge is 2.11. The number of allylic oxidation sites excluding steroid dienone is 2. The van der Waals surface area contributed by atoms with Crippen LogP contribution in [0, 0.1) is 0 Å². The molecule has 0 N–H and O–H groups in total. The Morgan fingerprint density at radius 1 is 1.71 bits per heavy atom. The van der Waals surface area contributed by atoms with E-state index >= 15 is 0 Å². The van der Waals surface area contributed by atoms with E-state index in [1.54, 1.807) is 19.9 Å². The first-order valence-electron chi connectivity index (χ1n) is 4.20. The number of azide groups is 1. The average molecular weight is 195 g/mol. The largest absolute Gasteiger partial charge is 0.463 e. The van der Waals surface area contributed by atoms with Crippen LogP contribution in [0.1, 0.15) is 20.3 Å². The molecule has 5 heteroatoms. The minimum Gasteiger partial charge on any atom is -0.463 e. The van der Waals surface area contributed by atoms with Crippen LogP contribution in [0.4, 0.5) is 0 Å². The van der Waals surface area contributed by atoms with Crippen LogP contribution in [0.3, 0.4) is 0 Å². The van der Waals surface area contributed by atoms with Crippen molar-refractivity contribution < 1.29 is 9.53 Å². The molecule has 0 aromatic carbocycles. The molecule has 0 rings (SSSR count). The smallest absolute Gasteiger partial charge is 0.334 e. The molecule has 0 bridgehead atoms. The Balaban J connectivity index is 4.90. The second-order valence-electron chi connectivity index (χ2n) is 2.47. The summed E-state index contributed by atoms with van der Waals surface area (Å²) in [7, 11) is 0. The van der Waals surface area contributed by atoms with E-state index < -0.39 is 5.97 Å². The SMILES string of the molecule is C=CC/C(C(=O)OCC)=C(/C)N=[N+]=[N-]. The van der Waals surface area contributed by atoms with E-state index in [1.165, 1.54) is 0 Å². The van der Waals surface area contributed by atoms with Gasteiger partial charge in [-0.15, -0.1) is 6.58 Å². The minimum absolute atomic E-state index is 0.295. The summed E-state index contributed by atoms with van der Waals surface area (Å²) in [6.45, 7) is 7.08. The molecule has 0 heterocycles. The van der Waals surface area contributed by atoms with Crippen LogP contribution in [0.2, 0.25) is 0 Å². The summed E-state index contributed by atoms with van der Waals surface area (Å²) in [5.41, 5.74) is 8.88. The van der Waals surface area contributed by atoms with Crippen molar-refractivity contribution in [1.29, 1.82) is 0 Å². The van der Waals surface area contributed by atoms with Gasteiger partial charge < -0.3 is 4.74 Å². The number of hydrogen-bond donors (Lipinski definition) is 0. The molecule has 0 aromatic rings. The molecular weight excluding hydrogens is 182 g/mol. The molecule has 0 saturated carbocycles. The van der Waals surface area contributed by atoms with E-state index in [2.05, 4.69) is 16.6 Å². The van der Waals surface area contributed by atoms with Crippen LogP contribution >= 0.6 is 0 Å². The van der Waals surface area contributed by atoms with Gasteiger partial charge in [-0.05, 0) is 25.8 Å². The van der Waals surface area contributed by atoms with Gasteiger partial charge in [0.15, 0.2) is 0 Å². The number of hydrogen-bond acceptors (Lipinski definition) is 3. The maximum atomic E-state index is 11.3. The molecule has 0 saturated heterocycles. The first-order valence-corrected chi connectivity index (χ1v) is 4.20. The predicted molar refractivity (Wildman–Crippen MR) is 53.3 cm³/mol. The first-order chi connectivity index (χ1) is 6.67. The summed E-state index contributed by atoms with van der Waals surface area (Å²) in [5.74, 6) is -0.461. The fraction of sp³-hybridized carbons (Fsp3) is 0.444. The Kier molecular flexibility index (Phi) is 5.90. The van der Waals surface area contributed by atoms with Crippen molar-refractivity contribution in [2.24, 2.45) is 5.11 Å². The van der Waals surface area contributed by atoms with Gasteiger partial charge in [0.05, 0.1) is 6.61 Å². The Hall–Kier alpha value is -1.74. The van der Waals surface area contributed by atoms with E-state index in [-0.39, 0.29) is 0 Å². The number of nitrogens with zero attached hydrogens (tertiary/aromatic N) is 3. The summed E-state index contributed by atoms with van der Waals surface area (Å²) >= 11 is 0. The average Bonchev–Trinajstić information content (AvgIpc) is 2.14. The number of rotatable bonds is 5. The molecule has 0 aliphatic carbocycles. The molecule has 0 aliphatic rings. The highest BCUT2D eigenvalue weighted by molar-refractivity contribution is 5.89. The van der Waals surface area contributed by atoms with Crippen LogP contribution in [0.5, 0.6) is 0 Å². The van der Waals surface area contributed by atoms with Crippen molar-refractivity contribution in [1.82, 2.24) is 0 Å². The van der Waals surface area contributed by atoms with E-state index in [1.807, 2.05) is 0 Å². The topological polar surface area (TPSA) is 75.1 Å². The van der Waals surface area contributed by atoms with Crippen LogP contribution < -0.4 is 0 Å². The third-order valence-electron chi connectivity index (χ3n) is 1.50. The lowest BCUT2D eigenvalue weighted by Gasteiger charge is -2.05. The van der Waals surface area contributed by atoms with Gasteiger partial charge >= 0.3 is 5.97 Å². The Labute approximate surface area is 82.7 Å². The van der Waals surface area contributed by atoms with Crippen molar-refractivity contribution in [3.63, 3.8) is 0 Å².